The van der Waals surface area contributed by atoms with Gasteiger partial charge in [0.15, 0.2) is 0 Å². The van der Waals surface area contributed by atoms with E-state index in [0.29, 0.717) is 11.5 Å². The van der Waals surface area contributed by atoms with Crippen molar-refractivity contribution in [3.63, 3.8) is 0 Å². The summed E-state index contributed by atoms with van der Waals surface area (Å²) < 4.78 is 1.53. The summed E-state index contributed by atoms with van der Waals surface area (Å²) in [5, 5.41) is 18.4. The molecule has 7 nitrogen and oxygen atoms in total. The minimum Gasteiger partial charge on any atom is -0.361 e. The molecule has 0 saturated heterocycles. The van der Waals surface area contributed by atoms with Crippen LogP contribution in [0.2, 0.25) is 0 Å². The fraction of sp³-hybridized carbons (Fsp3) is 0.750. The van der Waals surface area contributed by atoms with Crippen LogP contribution in [0.3, 0.4) is 0 Å². The van der Waals surface area contributed by atoms with Gasteiger partial charge in [0.1, 0.15) is 5.69 Å². The summed E-state index contributed by atoms with van der Waals surface area (Å²) in [4.78, 5) is 13.0. The molecule has 1 heterocycles. The van der Waals surface area contributed by atoms with E-state index in [1.165, 1.54) is 4.68 Å². The van der Waals surface area contributed by atoms with Crippen molar-refractivity contribution in [2.45, 2.75) is 33.7 Å². The van der Waals surface area contributed by atoms with Crippen LogP contribution >= 0.6 is 0 Å². The molecule has 0 radical (unpaired) electrons. The first kappa shape index (κ1) is 15.4. The van der Waals surface area contributed by atoms with Crippen LogP contribution < -0.4 is 5.32 Å². The highest BCUT2D eigenvalue weighted by molar-refractivity contribution is 5.59. The van der Waals surface area contributed by atoms with Crippen molar-refractivity contribution in [2.75, 3.05) is 25.0 Å². The number of aryl methyl sites for hydroxylation is 2. The van der Waals surface area contributed by atoms with Gasteiger partial charge in [0.05, 0.1) is 4.92 Å². The largest absolute Gasteiger partial charge is 0.361 e. The molecule has 108 valence electrons. The lowest BCUT2D eigenvalue weighted by atomic mass is 10.3. The Morgan fingerprint density at radius 2 is 2.05 bits per heavy atom. The summed E-state index contributed by atoms with van der Waals surface area (Å²) in [5.41, 5.74) is 0.499. The molecule has 0 fully saturated rings. The molecular weight excluding hydrogens is 246 g/mol. The molecule has 1 unspecified atom stereocenters. The van der Waals surface area contributed by atoms with Crippen molar-refractivity contribution in [3.8, 4) is 0 Å². The van der Waals surface area contributed by atoms with Crippen molar-refractivity contribution < 1.29 is 4.92 Å². The minimum atomic E-state index is -0.380. The van der Waals surface area contributed by atoms with E-state index < -0.39 is 0 Å². The Morgan fingerprint density at radius 3 is 2.53 bits per heavy atom. The van der Waals surface area contributed by atoms with Crippen LogP contribution in [0.1, 0.15) is 26.5 Å². The lowest BCUT2D eigenvalue weighted by molar-refractivity contribution is -0.384. The van der Waals surface area contributed by atoms with E-state index in [1.54, 1.807) is 14.0 Å². The Hall–Kier alpha value is -1.63. The Kier molecular flexibility index (Phi) is 5.29. The maximum atomic E-state index is 11.1. The van der Waals surface area contributed by atoms with E-state index in [2.05, 4.69) is 29.2 Å². The first-order valence-electron chi connectivity index (χ1n) is 6.57. The fourth-order valence-corrected chi connectivity index (χ4v) is 2.18. The highest BCUT2D eigenvalue weighted by Gasteiger charge is 2.25. The van der Waals surface area contributed by atoms with E-state index in [-0.39, 0.29) is 16.7 Å². The van der Waals surface area contributed by atoms with Crippen LogP contribution in [0.15, 0.2) is 0 Å². The topological polar surface area (TPSA) is 76.2 Å². The minimum absolute atomic E-state index is 0.0638. The molecule has 0 aliphatic carbocycles. The van der Waals surface area contributed by atoms with Crippen LogP contribution in [0.4, 0.5) is 11.5 Å². The summed E-state index contributed by atoms with van der Waals surface area (Å²) in [5.74, 6) is 0.474. The fourth-order valence-electron chi connectivity index (χ4n) is 2.18. The zero-order chi connectivity index (χ0) is 14.6. The predicted octanol–water partition coefficient (Wildman–Crippen LogP) is 1.78. The van der Waals surface area contributed by atoms with Crippen molar-refractivity contribution >= 4 is 11.5 Å². The SMILES string of the molecule is CCN(CC)CC(C)Nc1c([N+](=O)[O-])c(C)nn1C. The molecule has 0 amide bonds. The molecule has 1 aromatic rings. The van der Waals surface area contributed by atoms with Crippen LogP contribution in [-0.2, 0) is 7.05 Å². The average molecular weight is 269 g/mol. The number of nitro groups is 1. The number of anilines is 1. The van der Waals surface area contributed by atoms with E-state index >= 15 is 0 Å². The molecule has 19 heavy (non-hydrogen) atoms. The van der Waals surface area contributed by atoms with Gasteiger partial charge in [0.25, 0.3) is 0 Å². The van der Waals surface area contributed by atoms with Gasteiger partial charge in [0, 0.05) is 19.6 Å². The van der Waals surface area contributed by atoms with E-state index in [9.17, 15) is 10.1 Å². The van der Waals surface area contributed by atoms with Gasteiger partial charge in [-0.3, -0.25) is 10.1 Å². The van der Waals surface area contributed by atoms with Crippen molar-refractivity contribution in [2.24, 2.45) is 7.05 Å². The summed E-state index contributed by atoms with van der Waals surface area (Å²) >= 11 is 0. The first-order valence-corrected chi connectivity index (χ1v) is 6.57. The number of rotatable bonds is 7. The van der Waals surface area contributed by atoms with Crippen LogP contribution in [0, 0.1) is 17.0 Å². The van der Waals surface area contributed by atoms with Crippen molar-refractivity contribution in [1.29, 1.82) is 0 Å². The third kappa shape index (κ3) is 3.66. The molecule has 0 spiro atoms. The van der Waals surface area contributed by atoms with Crippen molar-refractivity contribution in [3.05, 3.63) is 15.8 Å². The van der Waals surface area contributed by atoms with Crippen LogP contribution in [-0.4, -0.2) is 45.3 Å². The number of likely N-dealkylation sites (N-methyl/N-ethyl adjacent to an activating group) is 1. The molecule has 0 bridgehead atoms. The smallest absolute Gasteiger partial charge is 0.333 e. The van der Waals surface area contributed by atoms with Crippen LogP contribution in [0.25, 0.3) is 0 Å². The highest BCUT2D eigenvalue weighted by Crippen LogP contribution is 2.27. The zero-order valence-corrected chi connectivity index (χ0v) is 12.3. The monoisotopic (exact) mass is 269 g/mol. The second-order valence-electron chi connectivity index (χ2n) is 4.69. The number of nitrogens with zero attached hydrogens (tertiary/aromatic N) is 4. The van der Waals surface area contributed by atoms with Gasteiger partial charge in [-0.1, -0.05) is 13.8 Å². The molecule has 1 rings (SSSR count). The van der Waals surface area contributed by atoms with Gasteiger partial charge < -0.3 is 10.2 Å². The predicted molar refractivity (Wildman–Crippen MR) is 75.5 cm³/mol. The Bertz CT molecular complexity index is 440. The van der Waals surface area contributed by atoms with Crippen LogP contribution in [0.5, 0.6) is 0 Å². The number of hydrogen-bond donors (Lipinski definition) is 1. The lowest BCUT2D eigenvalue weighted by Crippen LogP contribution is -2.35. The average Bonchev–Trinajstić information content (AvgIpc) is 2.61. The maximum absolute atomic E-state index is 11.1. The third-order valence-corrected chi connectivity index (χ3v) is 3.18. The quantitative estimate of drug-likeness (QED) is 0.603. The first-order chi connectivity index (χ1) is 8.90. The Labute approximate surface area is 113 Å². The second kappa shape index (κ2) is 6.51. The normalized spacial score (nSPS) is 12.7. The highest BCUT2D eigenvalue weighted by atomic mass is 16.6. The summed E-state index contributed by atoms with van der Waals surface area (Å²) in [6, 6.07) is 0.119. The van der Waals surface area contributed by atoms with Gasteiger partial charge in [-0.15, -0.1) is 0 Å². The molecule has 1 atom stereocenters. The van der Waals surface area contributed by atoms with E-state index in [4.69, 9.17) is 0 Å². The van der Waals surface area contributed by atoms with Crippen molar-refractivity contribution in [1.82, 2.24) is 14.7 Å². The lowest BCUT2D eigenvalue weighted by Gasteiger charge is -2.23. The molecule has 7 heteroatoms. The molecule has 1 aromatic heterocycles. The molecule has 1 N–H and O–H groups in total. The molecular formula is C12H23N5O2. The van der Waals surface area contributed by atoms with Gasteiger partial charge in [-0.05, 0) is 26.9 Å². The maximum Gasteiger partial charge on any atom is 0.333 e. The number of aromatic nitrogens is 2. The molecule has 0 aliphatic heterocycles. The van der Waals surface area contributed by atoms with E-state index in [1.807, 2.05) is 6.92 Å². The molecule has 0 aromatic carbocycles. The second-order valence-corrected chi connectivity index (χ2v) is 4.69. The summed E-state index contributed by atoms with van der Waals surface area (Å²) in [7, 11) is 1.71. The van der Waals surface area contributed by atoms with Gasteiger partial charge in [0.2, 0.25) is 5.82 Å². The van der Waals surface area contributed by atoms with Gasteiger partial charge in [-0.25, -0.2) is 4.68 Å². The number of hydrogen-bond acceptors (Lipinski definition) is 5. The van der Waals surface area contributed by atoms with Gasteiger partial charge in [-0.2, -0.15) is 5.10 Å². The molecule has 0 saturated carbocycles. The molecule has 0 aliphatic rings. The zero-order valence-electron chi connectivity index (χ0n) is 12.3. The van der Waals surface area contributed by atoms with Gasteiger partial charge >= 0.3 is 5.69 Å². The summed E-state index contributed by atoms with van der Waals surface area (Å²) in [6.07, 6.45) is 0. The Balaban J connectivity index is 2.84. The summed E-state index contributed by atoms with van der Waals surface area (Å²) in [6.45, 7) is 10.7. The number of nitrogens with one attached hydrogen (secondary N) is 1. The van der Waals surface area contributed by atoms with E-state index in [0.717, 1.165) is 19.6 Å². The standard InChI is InChI=1S/C12H23N5O2/c1-6-16(7-2)8-9(3)13-12-11(17(18)19)10(4)14-15(12)5/h9,13H,6-8H2,1-5H3. The third-order valence-electron chi connectivity index (χ3n) is 3.18. The Morgan fingerprint density at radius 1 is 1.47 bits per heavy atom.